The lowest BCUT2D eigenvalue weighted by molar-refractivity contribution is 0.125. The lowest BCUT2D eigenvalue weighted by atomic mass is 9.91. The van der Waals surface area contributed by atoms with Gasteiger partial charge < -0.3 is 5.11 Å². The third kappa shape index (κ3) is 1.42. The Labute approximate surface area is 55.7 Å². The second kappa shape index (κ2) is 2.36. The first-order valence-corrected chi connectivity index (χ1v) is 3.30. The standard InChI is InChI=1S/C8H12O/c1-2-8(9)6-4-3-5-7-8/h2,4,6,9H,1,3,5,7H2. The summed E-state index contributed by atoms with van der Waals surface area (Å²) < 4.78 is 0. The fraction of sp³-hybridized carbons (Fsp3) is 0.500. The molecule has 1 heteroatoms. The van der Waals surface area contributed by atoms with Crippen LogP contribution in [0.25, 0.3) is 0 Å². The van der Waals surface area contributed by atoms with E-state index in [-0.39, 0.29) is 0 Å². The Bertz CT molecular complexity index is 138. The highest BCUT2D eigenvalue weighted by atomic mass is 16.3. The van der Waals surface area contributed by atoms with Crippen molar-refractivity contribution >= 4 is 0 Å². The van der Waals surface area contributed by atoms with Gasteiger partial charge >= 0.3 is 0 Å². The molecule has 1 unspecified atom stereocenters. The SMILES string of the molecule is C=CC1(O)C=CCCC1. The van der Waals surface area contributed by atoms with Gasteiger partial charge in [0.15, 0.2) is 0 Å². The first kappa shape index (κ1) is 6.56. The van der Waals surface area contributed by atoms with Crippen molar-refractivity contribution in [1.29, 1.82) is 0 Å². The smallest absolute Gasteiger partial charge is 0.101 e. The molecule has 0 saturated carbocycles. The van der Waals surface area contributed by atoms with Gasteiger partial charge in [-0.25, -0.2) is 0 Å². The molecule has 0 aliphatic heterocycles. The first-order chi connectivity index (χ1) is 4.27. The molecule has 1 aliphatic carbocycles. The summed E-state index contributed by atoms with van der Waals surface area (Å²) in [5.74, 6) is 0. The van der Waals surface area contributed by atoms with Crippen LogP contribution in [-0.2, 0) is 0 Å². The second-order valence-corrected chi connectivity index (χ2v) is 2.49. The van der Waals surface area contributed by atoms with Crippen molar-refractivity contribution in [3.05, 3.63) is 24.8 Å². The molecule has 1 rings (SSSR count). The molecule has 0 fully saturated rings. The van der Waals surface area contributed by atoms with E-state index in [0.29, 0.717) is 0 Å². The van der Waals surface area contributed by atoms with E-state index in [2.05, 4.69) is 6.58 Å². The zero-order valence-corrected chi connectivity index (χ0v) is 5.51. The molecule has 0 radical (unpaired) electrons. The van der Waals surface area contributed by atoms with Crippen LogP contribution in [0.4, 0.5) is 0 Å². The van der Waals surface area contributed by atoms with Gasteiger partial charge in [-0.2, -0.15) is 0 Å². The highest BCUT2D eigenvalue weighted by molar-refractivity contribution is 5.13. The average Bonchev–Trinajstić information content (AvgIpc) is 1.90. The van der Waals surface area contributed by atoms with Gasteiger partial charge in [0.2, 0.25) is 0 Å². The van der Waals surface area contributed by atoms with Gasteiger partial charge in [-0.3, -0.25) is 0 Å². The molecule has 0 bridgehead atoms. The summed E-state index contributed by atoms with van der Waals surface area (Å²) in [7, 11) is 0. The van der Waals surface area contributed by atoms with Crippen LogP contribution in [0.5, 0.6) is 0 Å². The van der Waals surface area contributed by atoms with E-state index in [9.17, 15) is 5.11 Å². The largest absolute Gasteiger partial charge is 0.382 e. The van der Waals surface area contributed by atoms with E-state index < -0.39 is 5.60 Å². The van der Waals surface area contributed by atoms with Gasteiger partial charge in [0.25, 0.3) is 0 Å². The molecule has 1 N–H and O–H groups in total. The monoisotopic (exact) mass is 124 g/mol. The van der Waals surface area contributed by atoms with Gasteiger partial charge in [-0.1, -0.05) is 24.8 Å². The highest BCUT2D eigenvalue weighted by Gasteiger charge is 2.19. The van der Waals surface area contributed by atoms with E-state index in [1.165, 1.54) is 0 Å². The summed E-state index contributed by atoms with van der Waals surface area (Å²) in [5, 5.41) is 9.48. The van der Waals surface area contributed by atoms with Crippen LogP contribution in [0.15, 0.2) is 24.8 Å². The van der Waals surface area contributed by atoms with Crippen molar-refractivity contribution in [3.8, 4) is 0 Å². The summed E-state index contributed by atoms with van der Waals surface area (Å²) in [6, 6.07) is 0. The van der Waals surface area contributed by atoms with Crippen molar-refractivity contribution in [2.45, 2.75) is 24.9 Å². The summed E-state index contributed by atoms with van der Waals surface area (Å²) >= 11 is 0. The van der Waals surface area contributed by atoms with E-state index in [4.69, 9.17) is 0 Å². The molecule has 1 atom stereocenters. The minimum absolute atomic E-state index is 0.696. The number of hydrogen-bond acceptors (Lipinski definition) is 1. The maximum absolute atomic E-state index is 9.48. The second-order valence-electron chi connectivity index (χ2n) is 2.49. The van der Waals surface area contributed by atoms with Crippen LogP contribution in [0.3, 0.4) is 0 Å². The van der Waals surface area contributed by atoms with Crippen LogP contribution < -0.4 is 0 Å². The zero-order chi connectivity index (χ0) is 6.74. The Morgan fingerprint density at radius 2 is 2.44 bits per heavy atom. The lowest BCUT2D eigenvalue weighted by Crippen LogP contribution is -2.23. The maximum atomic E-state index is 9.48. The number of hydrogen-bond donors (Lipinski definition) is 1. The fourth-order valence-electron chi connectivity index (χ4n) is 1.04. The molecular formula is C8H12O. The van der Waals surface area contributed by atoms with Gasteiger partial charge in [0.05, 0.1) is 0 Å². The lowest BCUT2D eigenvalue weighted by Gasteiger charge is -2.22. The van der Waals surface area contributed by atoms with Gasteiger partial charge in [0.1, 0.15) is 5.60 Å². The Hall–Kier alpha value is -0.560. The molecule has 0 saturated heterocycles. The van der Waals surface area contributed by atoms with E-state index >= 15 is 0 Å². The molecule has 1 aliphatic rings. The molecule has 0 aromatic heterocycles. The van der Waals surface area contributed by atoms with Crippen LogP contribution in [0.1, 0.15) is 19.3 Å². The normalized spacial score (nSPS) is 34.3. The van der Waals surface area contributed by atoms with Gasteiger partial charge in [-0.05, 0) is 19.3 Å². The molecule has 0 amide bonds. The summed E-state index contributed by atoms with van der Waals surface area (Å²) in [6.07, 6.45) is 8.42. The Balaban J connectivity index is 2.67. The Morgan fingerprint density at radius 1 is 1.67 bits per heavy atom. The minimum atomic E-state index is -0.696. The Morgan fingerprint density at radius 3 is 2.78 bits per heavy atom. The zero-order valence-electron chi connectivity index (χ0n) is 5.51. The van der Waals surface area contributed by atoms with Crippen LogP contribution >= 0.6 is 0 Å². The molecule has 0 spiro atoms. The number of aliphatic hydroxyl groups is 1. The maximum Gasteiger partial charge on any atom is 0.101 e. The highest BCUT2D eigenvalue weighted by Crippen LogP contribution is 2.21. The molecule has 9 heavy (non-hydrogen) atoms. The third-order valence-electron chi connectivity index (χ3n) is 1.71. The third-order valence-corrected chi connectivity index (χ3v) is 1.71. The predicted molar refractivity (Wildman–Crippen MR) is 38.1 cm³/mol. The molecule has 0 heterocycles. The minimum Gasteiger partial charge on any atom is -0.382 e. The Kier molecular flexibility index (Phi) is 1.72. The van der Waals surface area contributed by atoms with Crippen molar-refractivity contribution in [2.24, 2.45) is 0 Å². The van der Waals surface area contributed by atoms with Crippen molar-refractivity contribution in [3.63, 3.8) is 0 Å². The molecule has 0 aromatic rings. The average molecular weight is 124 g/mol. The van der Waals surface area contributed by atoms with Gasteiger partial charge in [0, 0.05) is 0 Å². The van der Waals surface area contributed by atoms with Crippen molar-refractivity contribution < 1.29 is 5.11 Å². The molecule has 0 aromatic carbocycles. The number of allylic oxidation sites excluding steroid dienone is 1. The predicted octanol–water partition coefficient (Wildman–Crippen LogP) is 1.64. The number of rotatable bonds is 1. The van der Waals surface area contributed by atoms with Crippen LogP contribution in [0.2, 0.25) is 0 Å². The van der Waals surface area contributed by atoms with E-state index in [0.717, 1.165) is 19.3 Å². The first-order valence-electron chi connectivity index (χ1n) is 3.30. The molecule has 50 valence electrons. The quantitative estimate of drug-likeness (QED) is 0.527. The summed E-state index contributed by atoms with van der Waals surface area (Å²) in [6.45, 7) is 3.55. The molecule has 1 nitrogen and oxygen atoms in total. The topological polar surface area (TPSA) is 20.2 Å². The van der Waals surface area contributed by atoms with Crippen LogP contribution in [-0.4, -0.2) is 10.7 Å². The van der Waals surface area contributed by atoms with Gasteiger partial charge in [-0.15, -0.1) is 0 Å². The van der Waals surface area contributed by atoms with Crippen LogP contribution in [0, 0.1) is 0 Å². The summed E-state index contributed by atoms with van der Waals surface area (Å²) in [4.78, 5) is 0. The molecular weight excluding hydrogens is 112 g/mol. The van der Waals surface area contributed by atoms with Crippen molar-refractivity contribution in [2.75, 3.05) is 0 Å². The van der Waals surface area contributed by atoms with E-state index in [1.807, 2.05) is 12.2 Å². The van der Waals surface area contributed by atoms with Crippen molar-refractivity contribution in [1.82, 2.24) is 0 Å². The van der Waals surface area contributed by atoms with E-state index in [1.54, 1.807) is 6.08 Å². The summed E-state index contributed by atoms with van der Waals surface area (Å²) in [5.41, 5.74) is -0.696. The fourth-order valence-corrected chi connectivity index (χ4v) is 1.04.